The first kappa shape index (κ1) is 23.4. The van der Waals surface area contributed by atoms with Gasteiger partial charge >= 0.3 is 6.09 Å². The number of hydrogen-bond acceptors (Lipinski definition) is 7. The van der Waals surface area contributed by atoms with Crippen molar-refractivity contribution in [2.24, 2.45) is 10.9 Å². The standard InChI is InChI=1S/C21H25BrClN7O3/c22-16-17(27-18(31)14-3-1-2-4-15(14)23)28-29-19(16)33-21(32)26-8-5-13-6-11-30(12-7-13)20-24-9-10-25-20/h1-4,13H,5-12H2,(H,24,25)(H,26,32)(H2,27,28,29,31). The number of rotatable bonds is 6. The highest BCUT2D eigenvalue weighted by Crippen LogP contribution is 2.30. The molecule has 10 nitrogen and oxygen atoms in total. The van der Waals surface area contributed by atoms with E-state index in [9.17, 15) is 9.59 Å². The lowest BCUT2D eigenvalue weighted by Crippen LogP contribution is -2.44. The lowest BCUT2D eigenvalue weighted by atomic mass is 9.94. The number of amides is 2. The third-order valence-electron chi connectivity index (χ3n) is 5.62. The van der Waals surface area contributed by atoms with E-state index >= 15 is 0 Å². The molecule has 1 aromatic carbocycles. The van der Waals surface area contributed by atoms with Gasteiger partial charge < -0.3 is 25.6 Å². The van der Waals surface area contributed by atoms with E-state index in [-0.39, 0.29) is 11.7 Å². The molecule has 0 bridgehead atoms. The molecule has 2 aliphatic heterocycles. The predicted molar refractivity (Wildman–Crippen MR) is 129 cm³/mol. The number of piperidine rings is 1. The molecule has 0 aliphatic carbocycles. The summed E-state index contributed by atoms with van der Waals surface area (Å²) < 4.78 is 5.59. The summed E-state index contributed by atoms with van der Waals surface area (Å²) in [6.45, 7) is 4.24. The highest BCUT2D eigenvalue weighted by molar-refractivity contribution is 9.10. The molecule has 0 radical (unpaired) electrons. The number of halogens is 2. The minimum Gasteiger partial charge on any atom is -0.388 e. The van der Waals surface area contributed by atoms with Gasteiger partial charge in [-0.15, -0.1) is 5.10 Å². The molecule has 1 saturated heterocycles. The van der Waals surface area contributed by atoms with Gasteiger partial charge in [0.05, 0.1) is 17.1 Å². The molecule has 0 unspecified atom stereocenters. The summed E-state index contributed by atoms with van der Waals surface area (Å²) in [6, 6.07) is 6.69. The number of likely N-dealkylation sites (tertiary alicyclic amines) is 1. The van der Waals surface area contributed by atoms with Crippen LogP contribution in [0.15, 0.2) is 33.7 Å². The van der Waals surface area contributed by atoms with Crippen LogP contribution in [0.1, 0.15) is 29.6 Å². The predicted octanol–water partition coefficient (Wildman–Crippen LogP) is 3.23. The summed E-state index contributed by atoms with van der Waals surface area (Å²) in [5.74, 6) is 1.44. The van der Waals surface area contributed by atoms with Crippen LogP contribution in [-0.2, 0) is 0 Å². The quantitative estimate of drug-likeness (QED) is 0.448. The van der Waals surface area contributed by atoms with E-state index in [0.717, 1.165) is 51.4 Å². The first-order chi connectivity index (χ1) is 16.0. The molecule has 3 heterocycles. The summed E-state index contributed by atoms with van der Waals surface area (Å²) >= 11 is 9.35. The molecule has 1 fully saturated rings. The second kappa shape index (κ2) is 10.9. The van der Waals surface area contributed by atoms with Crippen molar-refractivity contribution < 1.29 is 14.3 Å². The Hall–Kier alpha value is -2.79. The normalized spacial score (nSPS) is 16.2. The average Bonchev–Trinajstić information content (AvgIpc) is 3.46. The van der Waals surface area contributed by atoms with Gasteiger partial charge in [0.15, 0.2) is 5.96 Å². The molecule has 4 rings (SSSR count). The van der Waals surface area contributed by atoms with Crippen LogP contribution < -0.4 is 20.7 Å². The lowest BCUT2D eigenvalue weighted by Gasteiger charge is -2.33. The maximum atomic E-state index is 12.4. The number of carbonyl (C=O) groups is 2. The van der Waals surface area contributed by atoms with Crippen LogP contribution in [0.2, 0.25) is 5.02 Å². The zero-order chi connectivity index (χ0) is 23.2. The van der Waals surface area contributed by atoms with Gasteiger partial charge in [0.1, 0.15) is 10.3 Å². The summed E-state index contributed by atoms with van der Waals surface area (Å²) in [6.07, 6.45) is 2.41. The largest absolute Gasteiger partial charge is 0.414 e. The molecule has 12 heteroatoms. The summed E-state index contributed by atoms with van der Waals surface area (Å²) in [7, 11) is 0. The Morgan fingerprint density at radius 3 is 2.79 bits per heavy atom. The number of ether oxygens (including phenoxy) is 1. The number of H-pyrrole nitrogens is 1. The Morgan fingerprint density at radius 2 is 2.06 bits per heavy atom. The third kappa shape index (κ3) is 5.97. The van der Waals surface area contributed by atoms with Crippen molar-refractivity contribution in [2.75, 3.05) is 38.0 Å². The zero-order valence-electron chi connectivity index (χ0n) is 17.9. The SMILES string of the molecule is O=C(NCCC1CCN(C2=NCCN2)CC1)Oc1n[nH]c(NC(=O)c2ccccc2Cl)c1Br. The van der Waals surface area contributed by atoms with E-state index in [0.29, 0.717) is 27.5 Å². The number of aliphatic imine (C=N–C) groups is 1. The first-order valence-electron chi connectivity index (χ1n) is 10.8. The molecule has 2 amide bonds. The Bertz CT molecular complexity index is 1040. The van der Waals surface area contributed by atoms with Crippen LogP contribution in [0.25, 0.3) is 0 Å². The number of guanidine groups is 1. The number of hydrogen-bond donors (Lipinski definition) is 4. The van der Waals surface area contributed by atoms with Crippen molar-refractivity contribution in [2.45, 2.75) is 19.3 Å². The summed E-state index contributed by atoms with van der Waals surface area (Å²) in [5.41, 5.74) is 0.319. The van der Waals surface area contributed by atoms with Gasteiger partial charge in [-0.2, -0.15) is 0 Å². The van der Waals surface area contributed by atoms with Crippen molar-refractivity contribution in [3.05, 3.63) is 39.3 Å². The zero-order valence-corrected chi connectivity index (χ0v) is 20.2. The van der Waals surface area contributed by atoms with E-state index < -0.39 is 12.0 Å². The monoisotopic (exact) mass is 537 g/mol. The molecule has 1 aromatic heterocycles. The van der Waals surface area contributed by atoms with Gasteiger partial charge in [-0.25, -0.2) is 4.79 Å². The molecule has 0 atom stereocenters. The number of nitrogens with zero attached hydrogens (tertiary/aromatic N) is 3. The number of carbonyl (C=O) groups excluding carboxylic acids is 2. The minimum atomic E-state index is -0.604. The highest BCUT2D eigenvalue weighted by Gasteiger charge is 2.23. The van der Waals surface area contributed by atoms with Gasteiger partial charge in [-0.3, -0.25) is 14.9 Å². The van der Waals surface area contributed by atoms with Crippen LogP contribution in [0.5, 0.6) is 5.88 Å². The molecule has 0 spiro atoms. The van der Waals surface area contributed by atoms with Crippen LogP contribution >= 0.6 is 27.5 Å². The lowest BCUT2D eigenvalue weighted by molar-refractivity contribution is 0.102. The number of aromatic amines is 1. The van der Waals surface area contributed by atoms with Crippen LogP contribution in [-0.4, -0.2) is 65.8 Å². The smallest absolute Gasteiger partial charge is 0.388 e. The molecular formula is C21H25BrClN7O3. The van der Waals surface area contributed by atoms with E-state index in [1.165, 1.54) is 0 Å². The molecule has 176 valence electrons. The maximum Gasteiger partial charge on any atom is 0.414 e. The number of aromatic nitrogens is 2. The Kier molecular flexibility index (Phi) is 7.71. The molecule has 33 heavy (non-hydrogen) atoms. The van der Waals surface area contributed by atoms with Gasteiger partial charge in [-0.05, 0) is 53.2 Å². The fraction of sp³-hybridized carbons (Fsp3) is 0.429. The fourth-order valence-electron chi connectivity index (χ4n) is 3.82. The maximum absolute atomic E-state index is 12.4. The van der Waals surface area contributed by atoms with Crippen molar-refractivity contribution in [1.82, 2.24) is 25.7 Å². The second-order valence-electron chi connectivity index (χ2n) is 7.82. The van der Waals surface area contributed by atoms with Gasteiger partial charge in [0.25, 0.3) is 11.8 Å². The fourth-order valence-corrected chi connectivity index (χ4v) is 4.40. The van der Waals surface area contributed by atoms with Gasteiger partial charge in [-0.1, -0.05) is 23.7 Å². The van der Waals surface area contributed by atoms with E-state index in [2.05, 4.69) is 52.0 Å². The molecule has 4 N–H and O–H groups in total. The van der Waals surface area contributed by atoms with Crippen molar-refractivity contribution in [1.29, 1.82) is 0 Å². The molecule has 2 aliphatic rings. The van der Waals surface area contributed by atoms with Crippen molar-refractivity contribution in [3.8, 4) is 5.88 Å². The number of benzene rings is 1. The van der Waals surface area contributed by atoms with Crippen molar-refractivity contribution in [3.63, 3.8) is 0 Å². The molecule has 0 saturated carbocycles. The highest BCUT2D eigenvalue weighted by atomic mass is 79.9. The van der Waals surface area contributed by atoms with Crippen molar-refractivity contribution >= 4 is 51.3 Å². The van der Waals surface area contributed by atoms with Crippen LogP contribution in [0.4, 0.5) is 10.6 Å². The summed E-state index contributed by atoms with van der Waals surface area (Å²) in [5, 5.41) is 15.6. The summed E-state index contributed by atoms with van der Waals surface area (Å²) in [4.78, 5) is 31.4. The molecular weight excluding hydrogens is 514 g/mol. The number of anilines is 1. The van der Waals surface area contributed by atoms with Crippen LogP contribution in [0.3, 0.4) is 0 Å². The Balaban J connectivity index is 1.20. The minimum absolute atomic E-state index is 0.0279. The molecule has 2 aromatic rings. The van der Waals surface area contributed by atoms with Gasteiger partial charge in [0, 0.05) is 26.2 Å². The van der Waals surface area contributed by atoms with Gasteiger partial charge in [0.2, 0.25) is 0 Å². The van der Waals surface area contributed by atoms with Crippen LogP contribution in [0, 0.1) is 5.92 Å². The Labute approximate surface area is 204 Å². The van der Waals surface area contributed by atoms with E-state index in [1.54, 1.807) is 24.3 Å². The van der Waals surface area contributed by atoms with E-state index in [4.69, 9.17) is 16.3 Å². The third-order valence-corrected chi connectivity index (χ3v) is 6.68. The first-order valence-corrected chi connectivity index (χ1v) is 12.0. The number of nitrogens with one attached hydrogen (secondary N) is 4. The second-order valence-corrected chi connectivity index (χ2v) is 9.02. The Morgan fingerprint density at radius 1 is 1.27 bits per heavy atom. The van der Waals surface area contributed by atoms with E-state index in [1.807, 2.05) is 0 Å². The average molecular weight is 539 g/mol. The topological polar surface area (TPSA) is 124 Å².